The Labute approximate surface area is 93.9 Å². The van der Waals surface area contributed by atoms with Crippen LogP contribution < -0.4 is 0 Å². The first-order valence-electron chi connectivity index (χ1n) is 3.83. The van der Waals surface area contributed by atoms with Gasteiger partial charge in [0.15, 0.2) is 5.57 Å². The monoisotopic (exact) mass is 282 g/mol. The van der Waals surface area contributed by atoms with Crippen molar-refractivity contribution in [1.82, 2.24) is 0 Å². The van der Waals surface area contributed by atoms with Crippen molar-refractivity contribution in [2.24, 2.45) is 5.92 Å². The van der Waals surface area contributed by atoms with Gasteiger partial charge in [0.25, 0.3) is 0 Å². The predicted molar refractivity (Wildman–Crippen MR) is 40.5 cm³/mol. The van der Waals surface area contributed by atoms with Gasteiger partial charge < -0.3 is 15.3 Å². The molecule has 0 aliphatic rings. The van der Waals surface area contributed by atoms with Crippen LogP contribution in [0, 0.1) is 5.92 Å². The Morgan fingerprint density at radius 1 is 0.778 bits per heavy atom. The van der Waals surface area contributed by atoms with Crippen LogP contribution in [0.4, 0.5) is 26.3 Å². The van der Waals surface area contributed by atoms with Crippen molar-refractivity contribution < 1.29 is 51.3 Å². The summed E-state index contributed by atoms with van der Waals surface area (Å²) in [5.74, 6) is -12.7. The number of hydrogen-bond acceptors (Lipinski definition) is 3. The number of carbonyl (C=O) groups is 2. The van der Waals surface area contributed by atoms with Crippen LogP contribution in [0.25, 0.3) is 0 Å². The molecule has 0 unspecified atom stereocenters. The molecule has 0 aromatic carbocycles. The van der Waals surface area contributed by atoms with Gasteiger partial charge in [-0.05, 0) is 0 Å². The molecule has 0 aliphatic heterocycles. The smallest absolute Gasteiger partial charge is 0.407 e. The summed E-state index contributed by atoms with van der Waals surface area (Å²) in [6, 6.07) is 0. The van der Waals surface area contributed by atoms with E-state index in [0.29, 0.717) is 0 Å². The largest absolute Gasteiger partial charge is 0.510 e. The average Bonchev–Trinajstić information content (AvgIpc) is 1.93. The molecule has 0 spiro atoms. The van der Waals surface area contributed by atoms with E-state index in [1.54, 1.807) is 0 Å². The number of rotatable bonds is 3. The molecule has 0 heterocycles. The van der Waals surface area contributed by atoms with Crippen molar-refractivity contribution in [3.8, 4) is 0 Å². The van der Waals surface area contributed by atoms with Gasteiger partial charge in [-0.3, -0.25) is 0 Å². The van der Waals surface area contributed by atoms with Crippen molar-refractivity contribution in [2.75, 3.05) is 0 Å². The molecular formula is C7H4F6O5. The third-order valence-corrected chi connectivity index (χ3v) is 1.61. The number of hydrogen-bond donors (Lipinski definition) is 3. The van der Waals surface area contributed by atoms with Crippen LogP contribution in [-0.4, -0.2) is 39.6 Å². The molecule has 0 atom stereocenters. The summed E-state index contributed by atoms with van der Waals surface area (Å²) in [5.41, 5.74) is -2.39. The van der Waals surface area contributed by atoms with Crippen LogP contribution in [0.2, 0.25) is 0 Å². The van der Waals surface area contributed by atoms with E-state index in [0.717, 1.165) is 0 Å². The van der Waals surface area contributed by atoms with Gasteiger partial charge in [-0.2, -0.15) is 26.3 Å². The molecule has 3 N–H and O–H groups in total. The molecule has 0 fully saturated rings. The van der Waals surface area contributed by atoms with Crippen molar-refractivity contribution in [3.05, 3.63) is 11.3 Å². The Bertz CT molecular complexity index is 362. The van der Waals surface area contributed by atoms with Crippen molar-refractivity contribution in [3.63, 3.8) is 0 Å². The lowest BCUT2D eigenvalue weighted by molar-refractivity contribution is -0.278. The predicted octanol–water partition coefficient (Wildman–Crippen LogP) is 1.71. The number of halogens is 6. The Balaban J connectivity index is 6.01. The lowest BCUT2D eigenvalue weighted by Crippen LogP contribution is -2.39. The summed E-state index contributed by atoms with van der Waals surface area (Å²) in [4.78, 5) is 20.4. The fourth-order valence-corrected chi connectivity index (χ4v) is 0.951. The van der Waals surface area contributed by atoms with Crippen LogP contribution in [0.3, 0.4) is 0 Å². The Kier molecular flexibility index (Phi) is 4.23. The second-order valence-electron chi connectivity index (χ2n) is 2.89. The van der Waals surface area contributed by atoms with Crippen molar-refractivity contribution in [2.45, 2.75) is 12.4 Å². The minimum absolute atomic E-state index is 2.39. The van der Waals surface area contributed by atoms with Gasteiger partial charge in [0.05, 0.1) is 0 Å². The number of aliphatic hydroxyl groups is 1. The van der Waals surface area contributed by atoms with Crippen LogP contribution >= 0.6 is 0 Å². The first kappa shape index (κ1) is 16.1. The summed E-state index contributed by atoms with van der Waals surface area (Å²) < 4.78 is 72.3. The topological polar surface area (TPSA) is 94.8 Å². The molecule has 0 aliphatic carbocycles. The van der Waals surface area contributed by atoms with Gasteiger partial charge in [0.1, 0.15) is 5.76 Å². The molecule has 0 saturated carbocycles. The number of alkyl halides is 6. The maximum atomic E-state index is 12.1. The fourth-order valence-electron chi connectivity index (χ4n) is 0.951. The van der Waals surface area contributed by atoms with Gasteiger partial charge in [-0.25, -0.2) is 9.59 Å². The zero-order valence-electron chi connectivity index (χ0n) is 8.00. The van der Waals surface area contributed by atoms with Crippen LogP contribution in [0.1, 0.15) is 0 Å². The number of aliphatic hydroxyl groups excluding tert-OH is 1. The summed E-state index contributed by atoms with van der Waals surface area (Å²) in [7, 11) is 0. The number of allylic oxidation sites excluding steroid dienone is 1. The van der Waals surface area contributed by atoms with Crippen molar-refractivity contribution in [1.29, 1.82) is 0 Å². The first-order valence-corrected chi connectivity index (χ1v) is 3.83. The summed E-state index contributed by atoms with van der Waals surface area (Å²) in [5, 5.41) is 25.0. The summed E-state index contributed by atoms with van der Waals surface area (Å²) in [6.45, 7) is 0. The third kappa shape index (κ3) is 3.53. The van der Waals surface area contributed by atoms with Gasteiger partial charge in [0.2, 0.25) is 5.92 Å². The molecule has 0 amide bonds. The van der Waals surface area contributed by atoms with E-state index in [2.05, 4.69) is 0 Å². The van der Waals surface area contributed by atoms with Crippen LogP contribution in [-0.2, 0) is 9.59 Å². The minimum Gasteiger partial charge on any atom is -0.510 e. The van der Waals surface area contributed by atoms with Gasteiger partial charge >= 0.3 is 24.3 Å². The molecular weight excluding hydrogens is 278 g/mol. The quantitative estimate of drug-likeness (QED) is 0.241. The molecule has 0 bridgehead atoms. The van der Waals surface area contributed by atoms with Crippen LogP contribution in [0.15, 0.2) is 11.3 Å². The molecule has 104 valence electrons. The second-order valence-corrected chi connectivity index (χ2v) is 2.89. The van der Waals surface area contributed by atoms with E-state index < -0.39 is 41.5 Å². The third-order valence-electron chi connectivity index (χ3n) is 1.61. The van der Waals surface area contributed by atoms with E-state index in [9.17, 15) is 35.9 Å². The molecule has 0 radical (unpaired) electrons. The number of aliphatic carboxylic acids is 2. The van der Waals surface area contributed by atoms with E-state index in [1.807, 2.05) is 0 Å². The number of carboxylic acids is 2. The van der Waals surface area contributed by atoms with Gasteiger partial charge in [0, 0.05) is 0 Å². The summed E-state index contributed by atoms with van der Waals surface area (Å²) >= 11 is 0. The molecule has 5 nitrogen and oxygen atoms in total. The summed E-state index contributed by atoms with van der Waals surface area (Å²) in [6.07, 6.45) is -12.2. The molecule has 0 aromatic heterocycles. The Morgan fingerprint density at radius 3 is 1.22 bits per heavy atom. The second kappa shape index (κ2) is 4.74. The number of carboxylic acid groups (broad SMARTS) is 2. The molecule has 0 rings (SSSR count). The van der Waals surface area contributed by atoms with E-state index in [1.165, 1.54) is 0 Å². The normalized spacial score (nSPS) is 12.4. The standard InChI is InChI=1S/C7H4F6O5/c8-6(9,10)3(7(11,12)13)2(14)1(4(15)16)5(17)18/h3,14H,(H,15,16)(H,17,18). The van der Waals surface area contributed by atoms with Gasteiger partial charge in [-0.1, -0.05) is 0 Å². The maximum Gasteiger partial charge on any atom is 0.407 e. The fraction of sp³-hybridized carbons (Fsp3) is 0.429. The Morgan fingerprint density at radius 2 is 1.06 bits per heavy atom. The highest BCUT2D eigenvalue weighted by Gasteiger charge is 2.60. The lowest BCUT2D eigenvalue weighted by Gasteiger charge is -2.22. The highest BCUT2D eigenvalue weighted by Crippen LogP contribution is 2.43. The highest BCUT2D eigenvalue weighted by atomic mass is 19.4. The Hall–Kier alpha value is -1.94. The zero-order valence-corrected chi connectivity index (χ0v) is 8.00. The average molecular weight is 282 g/mol. The SMILES string of the molecule is O=C(O)C(C(=O)O)=C(O)C(C(F)(F)F)C(F)(F)F. The minimum atomic E-state index is -6.08. The van der Waals surface area contributed by atoms with Gasteiger partial charge in [-0.15, -0.1) is 0 Å². The zero-order chi connectivity index (χ0) is 14.9. The van der Waals surface area contributed by atoms with Crippen LogP contribution in [0.5, 0.6) is 0 Å². The molecule has 0 saturated heterocycles. The first-order chi connectivity index (χ1) is 7.80. The van der Waals surface area contributed by atoms with E-state index >= 15 is 0 Å². The van der Waals surface area contributed by atoms with Crippen molar-refractivity contribution >= 4 is 11.9 Å². The van der Waals surface area contributed by atoms with E-state index in [4.69, 9.17) is 15.3 Å². The van der Waals surface area contributed by atoms with E-state index in [-0.39, 0.29) is 0 Å². The lowest BCUT2D eigenvalue weighted by atomic mass is 10.0. The highest BCUT2D eigenvalue weighted by molar-refractivity contribution is 6.12. The molecule has 0 aromatic rings. The molecule has 11 heteroatoms. The molecule has 18 heavy (non-hydrogen) atoms. The maximum absolute atomic E-state index is 12.1.